The van der Waals surface area contributed by atoms with Crippen LogP contribution < -0.4 is 0 Å². The summed E-state index contributed by atoms with van der Waals surface area (Å²) >= 11 is 0. The van der Waals surface area contributed by atoms with Gasteiger partial charge in [-0.2, -0.15) is 0 Å². The van der Waals surface area contributed by atoms with Crippen molar-refractivity contribution in [3.63, 3.8) is 0 Å². The Morgan fingerprint density at radius 2 is 1.83 bits per heavy atom. The standard InChI is InChI=1S/C27H44O2/c1-17(2)7-6-8-18(3)21-9-10-22-25-23(12-14-27(21,22)5)26(4)13-11-20(28)15-19(26)16-24(25)29/h17-22,28H,6-16H2,1-5H3/t18-,19?,20+,21-,22+,26+,27-/m1/s1. The molecule has 0 spiro atoms. The Bertz CT molecular complexity index is 676. The van der Waals surface area contributed by atoms with E-state index in [1.807, 2.05) is 0 Å². The van der Waals surface area contributed by atoms with E-state index in [1.54, 1.807) is 0 Å². The van der Waals surface area contributed by atoms with Gasteiger partial charge in [0, 0.05) is 6.42 Å². The molecule has 164 valence electrons. The highest BCUT2D eigenvalue weighted by Crippen LogP contribution is 2.65. The van der Waals surface area contributed by atoms with Gasteiger partial charge in [0.1, 0.15) is 0 Å². The summed E-state index contributed by atoms with van der Waals surface area (Å²) in [5.41, 5.74) is 3.31. The molecule has 1 N–H and O–H groups in total. The molecule has 2 heteroatoms. The van der Waals surface area contributed by atoms with Gasteiger partial charge in [-0.1, -0.05) is 59.5 Å². The molecule has 0 radical (unpaired) electrons. The molecule has 4 aliphatic rings. The average Bonchev–Trinajstić information content (AvgIpc) is 3.00. The normalized spacial score (nSPS) is 43.2. The lowest BCUT2D eigenvalue weighted by molar-refractivity contribution is -0.121. The summed E-state index contributed by atoms with van der Waals surface area (Å²) in [7, 11) is 0. The minimum absolute atomic E-state index is 0.171. The molecule has 0 aromatic carbocycles. The molecule has 0 bridgehead atoms. The molecule has 2 fully saturated rings. The molecule has 0 amide bonds. The van der Waals surface area contributed by atoms with Crippen LogP contribution in [-0.4, -0.2) is 17.0 Å². The SMILES string of the molecule is CC(C)CCC[C@@H](C)[C@H]1CC[C@H]2C3=C(CC[C@]12C)[C@@]1(C)CC[C@H](O)CC1CC3=O. The number of aliphatic hydroxyl groups excluding tert-OH is 1. The second kappa shape index (κ2) is 7.81. The van der Waals surface area contributed by atoms with Crippen LogP contribution in [0.25, 0.3) is 0 Å². The van der Waals surface area contributed by atoms with Crippen LogP contribution in [0.1, 0.15) is 105 Å². The quantitative estimate of drug-likeness (QED) is 0.556. The Balaban J connectivity index is 1.58. The van der Waals surface area contributed by atoms with Gasteiger partial charge in [-0.15, -0.1) is 0 Å². The zero-order valence-corrected chi connectivity index (χ0v) is 19.6. The highest BCUT2D eigenvalue weighted by atomic mass is 16.3. The van der Waals surface area contributed by atoms with Gasteiger partial charge in [0.2, 0.25) is 0 Å². The predicted molar refractivity (Wildman–Crippen MR) is 120 cm³/mol. The van der Waals surface area contributed by atoms with Crippen LogP contribution >= 0.6 is 0 Å². The Labute approximate surface area is 178 Å². The molecule has 0 saturated heterocycles. The molecule has 2 nitrogen and oxygen atoms in total. The third-order valence-electron chi connectivity index (χ3n) is 10.0. The van der Waals surface area contributed by atoms with Crippen molar-refractivity contribution in [2.45, 2.75) is 111 Å². The third kappa shape index (κ3) is 3.56. The summed E-state index contributed by atoms with van der Waals surface area (Å²) in [6, 6.07) is 0. The van der Waals surface area contributed by atoms with Crippen molar-refractivity contribution in [1.82, 2.24) is 0 Å². The van der Waals surface area contributed by atoms with Gasteiger partial charge >= 0.3 is 0 Å². The van der Waals surface area contributed by atoms with Gasteiger partial charge in [-0.25, -0.2) is 0 Å². The lowest BCUT2D eigenvalue weighted by atomic mass is 9.50. The number of hydrogen-bond donors (Lipinski definition) is 1. The van der Waals surface area contributed by atoms with E-state index in [4.69, 9.17) is 0 Å². The molecule has 2 saturated carbocycles. The summed E-state index contributed by atoms with van der Waals surface area (Å²) in [4.78, 5) is 13.4. The maximum atomic E-state index is 13.4. The highest BCUT2D eigenvalue weighted by molar-refractivity contribution is 5.98. The second-order valence-electron chi connectivity index (χ2n) is 12.1. The fourth-order valence-electron chi connectivity index (χ4n) is 8.19. The lowest BCUT2D eigenvalue weighted by Gasteiger charge is -2.54. The first-order valence-corrected chi connectivity index (χ1v) is 12.6. The van der Waals surface area contributed by atoms with Crippen molar-refractivity contribution < 1.29 is 9.90 Å². The van der Waals surface area contributed by atoms with E-state index in [9.17, 15) is 9.90 Å². The topological polar surface area (TPSA) is 37.3 Å². The zero-order chi connectivity index (χ0) is 21.0. The van der Waals surface area contributed by atoms with Gasteiger partial charge in [-0.05, 0) is 90.9 Å². The smallest absolute Gasteiger partial charge is 0.159 e. The van der Waals surface area contributed by atoms with Crippen LogP contribution in [0, 0.1) is 40.4 Å². The maximum Gasteiger partial charge on any atom is 0.159 e. The minimum Gasteiger partial charge on any atom is -0.393 e. The molecular formula is C27H44O2. The van der Waals surface area contributed by atoms with Gasteiger partial charge in [-0.3, -0.25) is 4.79 Å². The van der Waals surface area contributed by atoms with Crippen molar-refractivity contribution >= 4 is 5.78 Å². The van der Waals surface area contributed by atoms with E-state index in [-0.39, 0.29) is 11.5 Å². The average molecular weight is 401 g/mol. The number of rotatable bonds is 5. The number of fused-ring (bicyclic) bond motifs is 4. The molecule has 0 aliphatic heterocycles. The summed E-state index contributed by atoms with van der Waals surface area (Å²) in [6.07, 6.45) is 12.3. The van der Waals surface area contributed by atoms with Crippen molar-refractivity contribution in [3.8, 4) is 0 Å². The largest absolute Gasteiger partial charge is 0.393 e. The predicted octanol–water partition coefficient (Wildman–Crippen LogP) is 6.71. The minimum atomic E-state index is -0.195. The molecule has 0 aromatic rings. The molecule has 0 heterocycles. The molecule has 7 atom stereocenters. The lowest BCUT2D eigenvalue weighted by Crippen LogP contribution is -2.48. The first kappa shape index (κ1) is 21.6. The van der Waals surface area contributed by atoms with Crippen LogP contribution in [-0.2, 0) is 4.79 Å². The van der Waals surface area contributed by atoms with E-state index < -0.39 is 0 Å². The monoisotopic (exact) mass is 400 g/mol. The van der Waals surface area contributed by atoms with Crippen molar-refractivity contribution in [2.75, 3.05) is 0 Å². The molecule has 1 unspecified atom stereocenters. The Morgan fingerprint density at radius 1 is 1.07 bits per heavy atom. The van der Waals surface area contributed by atoms with E-state index >= 15 is 0 Å². The first-order valence-electron chi connectivity index (χ1n) is 12.6. The zero-order valence-electron chi connectivity index (χ0n) is 19.6. The van der Waals surface area contributed by atoms with Crippen LogP contribution in [0.15, 0.2) is 11.1 Å². The number of Topliss-reactive ketones (excluding diaryl/α,β-unsaturated/α-hetero) is 1. The van der Waals surface area contributed by atoms with Crippen molar-refractivity contribution in [3.05, 3.63) is 11.1 Å². The number of aliphatic hydroxyl groups is 1. The third-order valence-corrected chi connectivity index (χ3v) is 10.0. The van der Waals surface area contributed by atoms with Gasteiger partial charge < -0.3 is 5.11 Å². The molecule has 29 heavy (non-hydrogen) atoms. The fraction of sp³-hybridized carbons (Fsp3) is 0.889. The molecular weight excluding hydrogens is 356 g/mol. The summed E-state index contributed by atoms with van der Waals surface area (Å²) in [5.74, 6) is 3.67. The van der Waals surface area contributed by atoms with Crippen LogP contribution in [0.4, 0.5) is 0 Å². The van der Waals surface area contributed by atoms with Crippen molar-refractivity contribution in [2.24, 2.45) is 40.4 Å². The first-order chi connectivity index (χ1) is 13.7. The van der Waals surface area contributed by atoms with Crippen LogP contribution in [0.3, 0.4) is 0 Å². The van der Waals surface area contributed by atoms with E-state index in [2.05, 4.69) is 34.6 Å². The molecule has 0 aromatic heterocycles. The Hall–Kier alpha value is -0.630. The van der Waals surface area contributed by atoms with Gasteiger partial charge in [0.05, 0.1) is 6.10 Å². The van der Waals surface area contributed by atoms with Crippen LogP contribution in [0.2, 0.25) is 0 Å². The number of ketones is 1. The van der Waals surface area contributed by atoms with Crippen molar-refractivity contribution in [1.29, 1.82) is 0 Å². The number of carbonyl (C=O) groups excluding carboxylic acids is 1. The Kier molecular flexibility index (Phi) is 5.82. The molecule has 4 rings (SSSR count). The second-order valence-corrected chi connectivity index (χ2v) is 12.1. The summed E-state index contributed by atoms with van der Waals surface area (Å²) < 4.78 is 0. The number of hydrogen-bond acceptors (Lipinski definition) is 2. The van der Waals surface area contributed by atoms with Crippen LogP contribution in [0.5, 0.6) is 0 Å². The maximum absolute atomic E-state index is 13.4. The van der Waals surface area contributed by atoms with E-state index in [0.29, 0.717) is 29.5 Å². The fourth-order valence-corrected chi connectivity index (χ4v) is 8.19. The number of carbonyl (C=O) groups is 1. The van der Waals surface area contributed by atoms with Gasteiger partial charge in [0.25, 0.3) is 0 Å². The van der Waals surface area contributed by atoms with E-state index in [0.717, 1.165) is 43.4 Å². The summed E-state index contributed by atoms with van der Waals surface area (Å²) in [5, 5.41) is 10.2. The number of allylic oxidation sites excluding steroid dienone is 2. The highest BCUT2D eigenvalue weighted by Gasteiger charge is 2.57. The van der Waals surface area contributed by atoms with Gasteiger partial charge in [0.15, 0.2) is 5.78 Å². The molecule has 4 aliphatic carbocycles. The van der Waals surface area contributed by atoms with E-state index in [1.165, 1.54) is 49.7 Å². The Morgan fingerprint density at radius 3 is 2.55 bits per heavy atom. The summed E-state index contributed by atoms with van der Waals surface area (Å²) in [6.45, 7) is 12.1.